The van der Waals surface area contributed by atoms with E-state index in [0.29, 0.717) is 18.3 Å². The third-order valence-corrected chi connectivity index (χ3v) is 7.44. The number of methoxy groups -OCH3 is 1. The van der Waals surface area contributed by atoms with Crippen molar-refractivity contribution < 1.29 is 9.53 Å². The predicted molar refractivity (Wildman–Crippen MR) is 118 cm³/mol. The Morgan fingerprint density at radius 1 is 1.23 bits per heavy atom. The zero-order valence-corrected chi connectivity index (χ0v) is 18.0. The number of nitrogens with zero attached hydrogens (tertiary/aromatic N) is 2. The summed E-state index contributed by atoms with van der Waals surface area (Å²) < 4.78 is 5.79. The first kappa shape index (κ1) is 19.7. The van der Waals surface area contributed by atoms with Crippen LogP contribution in [-0.2, 0) is 22.5 Å². The highest BCUT2D eigenvalue weighted by Crippen LogP contribution is 2.38. The average Bonchev–Trinajstić information content (AvgIpc) is 3.46. The van der Waals surface area contributed by atoms with Crippen molar-refractivity contribution in [1.29, 1.82) is 0 Å². The molecule has 1 saturated carbocycles. The van der Waals surface area contributed by atoms with Crippen LogP contribution in [0.2, 0.25) is 0 Å². The van der Waals surface area contributed by atoms with Gasteiger partial charge < -0.3 is 15.0 Å². The molecule has 3 heterocycles. The molecular formula is C23H28N4O2S. The summed E-state index contributed by atoms with van der Waals surface area (Å²) in [5.74, 6) is 2.33. The molecular weight excluding hydrogens is 396 g/mol. The molecule has 1 saturated heterocycles. The molecule has 2 aliphatic rings. The van der Waals surface area contributed by atoms with Crippen molar-refractivity contribution in [3.8, 4) is 0 Å². The standard InChI is InChI=1S/C23H28N4O2S/c1-29-21-10-16-13-27(14-22-24-18-6-2-3-7-19(18)25-22)12-15(16)9-20(21)26-23(28)11-17-5-4-8-30-17/h2-8,15-16,20-21H,9-14H2,1H3,(H,24,25)(H,26,28)/t15-,16+,20-,21-/m0/s1. The van der Waals surface area contributed by atoms with Crippen LogP contribution >= 0.6 is 11.3 Å². The van der Waals surface area contributed by atoms with Gasteiger partial charge in [0.15, 0.2) is 0 Å². The zero-order valence-electron chi connectivity index (χ0n) is 17.2. The number of thiophene rings is 1. The molecule has 2 N–H and O–H groups in total. The third-order valence-electron chi connectivity index (χ3n) is 6.57. The van der Waals surface area contributed by atoms with Crippen LogP contribution < -0.4 is 5.32 Å². The summed E-state index contributed by atoms with van der Waals surface area (Å²) in [5, 5.41) is 5.27. The summed E-state index contributed by atoms with van der Waals surface area (Å²) in [6, 6.07) is 12.3. The number of rotatable bonds is 6. The van der Waals surface area contributed by atoms with Gasteiger partial charge in [-0.1, -0.05) is 18.2 Å². The van der Waals surface area contributed by atoms with Crippen molar-refractivity contribution in [2.24, 2.45) is 11.8 Å². The number of carbonyl (C=O) groups is 1. The fourth-order valence-electron chi connectivity index (χ4n) is 5.17. The fraction of sp³-hybridized carbons (Fsp3) is 0.478. The number of aromatic amines is 1. The van der Waals surface area contributed by atoms with Crippen LogP contribution in [0.25, 0.3) is 11.0 Å². The number of H-pyrrole nitrogens is 1. The summed E-state index contributed by atoms with van der Waals surface area (Å²) >= 11 is 1.63. The monoisotopic (exact) mass is 424 g/mol. The Hall–Kier alpha value is -2.22. The molecule has 3 aromatic rings. The summed E-state index contributed by atoms with van der Waals surface area (Å²) in [4.78, 5) is 24.3. The topological polar surface area (TPSA) is 70.2 Å². The van der Waals surface area contributed by atoms with Gasteiger partial charge in [0.1, 0.15) is 5.82 Å². The van der Waals surface area contributed by atoms with Gasteiger partial charge >= 0.3 is 0 Å². The fourth-order valence-corrected chi connectivity index (χ4v) is 5.88. The average molecular weight is 425 g/mol. The van der Waals surface area contributed by atoms with Gasteiger partial charge in [-0.05, 0) is 48.3 Å². The van der Waals surface area contributed by atoms with Crippen LogP contribution in [0.15, 0.2) is 41.8 Å². The molecule has 30 heavy (non-hydrogen) atoms. The Morgan fingerprint density at radius 3 is 2.83 bits per heavy atom. The van der Waals surface area contributed by atoms with Crippen LogP contribution in [0.3, 0.4) is 0 Å². The maximum absolute atomic E-state index is 12.5. The van der Waals surface area contributed by atoms with E-state index in [1.807, 2.05) is 35.7 Å². The number of para-hydroxylation sites is 2. The highest BCUT2D eigenvalue weighted by molar-refractivity contribution is 7.10. The minimum absolute atomic E-state index is 0.0877. The normalized spacial score (nSPS) is 26.7. The lowest BCUT2D eigenvalue weighted by atomic mass is 9.77. The molecule has 0 bridgehead atoms. The van der Waals surface area contributed by atoms with Gasteiger partial charge in [0.2, 0.25) is 5.91 Å². The van der Waals surface area contributed by atoms with Crippen molar-refractivity contribution in [3.05, 3.63) is 52.5 Å². The molecule has 6 nitrogen and oxygen atoms in total. The van der Waals surface area contributed by atoms with Crippen molar-refractivity contribution in [2.45, 2.75) is 38.0 Å². The molecule has 0 unspecified atom stereocenters. The number of hydrogen-bond donors (Lipinski definition) is 2. The van der Waals surface area contributed by atoms with Crippen LogP contribution in [0.4, 0.5) is 0 Å². The Kier molecular flexibility index (Phi) is 5.58. The van der Waals surface area contributed by atoms with Crippen LogP contribution in [0, 0.1) is 11.8 Å². The Bertz CT molecular complexity index is 969. The number of hydrogen-bond acceptors (Lipinski definition) is 5. The Balaban J connectivity index is 1.21. The second-order valence-corrected chi connectivity index (χ2v) is 9.62. The van der Waals surface area contributed by atoms with Crippen LogP contribution in [0.5, 0.6) is 0 Å². The van der Waals surface area contributed by atoms with Gasteiger partial charge in [-0.25, -0.2) is 4.98 Å². The number of likely N-dealkylation sites (tertiary alicyclic amines) is 1. The van der Waals surface area contributed by atoms with Crippen LogP contribution in [-0.4, -0.2) is 53.1 Å². The lowest BCUT2D eigenvalue weighted by Gasteiger charge is -2.37. The number of ether oxygens (including phenoxy) is 1. The first-order valence-electron chi connectivity index (χ1n) is 10.7. The van der Waals surface area contributed by atoms with Crippen LogP contribution in [0.1, 0.15) is 23.5 Å². The maximum atomic E-state index is 12.5. The lowest BCUT2D eigenvalue weighted by Crippen LogP contribution is -2.50. The van der Waals surface area contributed by atoms with Crippen molar-refractivity contribution in [3.63, 3.8) is 0 Å². The van der Waals surface area contributed by atoms with E-state index in [4.69, 9.17) is 9.72 Å². The van der Waals surface area contributed by atoms with E-state index in [9.17, 15) is 4.79 Å². The molecule has 1 aliphatic carbocycles. The van der Waals surface area contributed by atoms with E-state index in [1.165, 1.54) is 0 Å². The summed E-state index contributed by atoms with van der Waals surface area (Å²) in [6.45, 7) is 2.96. The first-order valence-corrected chi connectivity index (χ1v) is 11.6. The lowest BCUT2D eigenvalue weighted by molar-refractivity contribution is -0.123. The molecule has 4 atom stereocenters. The van der Waals surface area contributed by atoms with Gasteiger partial charge in [-0.15, -0.1) is 11.3 Å². The van der Waals surface area contributed by atoms with E-state index in [2.05, 4.69) is 21.3 Å². The highest BCUT2D eigenvalue weighted by Gasteiger charge is 2.42. The van der Waals surface area contributed by atoms with Gasteiger partial charge in [0, 0.05) is 25.1 Å². The largest absolute Gasteiger partial charge is 0.379 e. The molecule has 5 rings (SSSR count). The second kappa shape index (κ2) is 8.49. The van der Waals surface area contributed by atoms with Gasteiger partial charge in [0.05, 0.1) is 36.1 Å². The molecule has 2 fully saturated rings. The van der Waals surface area contributed by atoms with E-state index in [0.717, 1.165) is 54.2 Å². The van der Waals surface area contributed by atoms with E-state index in [1.54, 1.807) is 18.4 Å². The predicted octanol–water partition coefficient (Wildman–Crippen LogP) is 3.21. The number of aromatic nitrogens is 2. The maximum Gasteiger partial charge on any atom is 0.225 e. The van der Waals surface area contributed by atoms with Gasteiger partial charge in [0.25, 0.3) is 0 Å². The minimum atomic E-state index is 0.0877. The van der Waals surface area contributed by atoms with Crippen molar-refractivity contribution >= 4 is 28.3 Å². The molecule has 1 amide bonds. The third kappa shape index (κ3) is 4.15. The quantitative estimate of drug-likeness (QED) is 0.638. The SMILES string of the molecule is CO[C@H]1C[C@@H]2CN(Cc3nc4ccccc4[nH]3)C[C@@H]2C[C@@H]1NC(=O)Cc1cccs1. The number of imidazole rings is 1. The number of amides is 1. The van der Waals surface area contributed by atoms with E-state index in [-0.39, 0.29) is 18.1 Å². The Labute approximate surface area is 180 Å². The van der Waals surface area contributed by atoms with E-state index < -0.39 is 0 Å². The number of fused-ring (bicyclic) bond motifs is 2. The molecule has 0 spiro atoms. The molecule has 1 aliphatic heterocycles. The van der Waals surface area contributed by atoms with Gasteiger partial charge in [-0.3, -0.25) is 9.69 Å². The number of nitrogens with one attached hydrogen (secondary N) is 2. The molecule has 0 radical (unpaired) electrons. The molecule has 1 aromatic carbocycles. The van der Waals surface area contributed by atoms with E-state index >= 15 is 0 Å². The van der Waals surface area contributed by atoms with Crippen molar-refractivity contribution in [2.75, 3.05) is 20.2 Å². The summed E-state index contributed by atoms with van der Waals surface area (Å²) in [6.07, 6.45) is 2.53. The number of benzene rings is 1. The molecule has 7 heteroatoms. The summed E-state index contributed by atoms with van der Waals surface area (Å²) in [7, 11) is 1.77. The zero-order chi connectivity index (χ0) is 20.5. The number of carbonyl (C=O) groups excluding carboxylic acids is 1. The minimum Gasteiger partial charge on any atom is -0.379 e. The molecule has 158 valence electrons. The Morgan fingerprint density at radius 2 is 2.07 bits per heavy atom. The second-order valence-electron chi connectivity index (χ2n) is 8.59. The van der Waals surface area contributed by atoms with Gasteiger partial charge in [-0.2, -0.15) is 0 Å². The smallest absolute Gasteiger partial charge is 0.225 e. The van der Waals surface area contributed by atoms with Crippen molar-refractivity contribution in [1.82, 2.24) is 20.2 Å². The first-order chi connectivity index (χ1) is 14.7. The summed E-state index contributed by atoms with van der Waals surface area (Å²) in [5.41, 5.74) is 2.12. The highest BCUT2D eigenvalue weighted by atomic mass is 32.1. The molecule has 2 aromatic heterocycles.